The minimum Gasteiger partial charge on any atom is -0.352 e. The Morgan fingerprint density at radius 1 is 1.39 bits per heavy atom. The van der Waals surface area contributed by atoms with Crippen LogP contribution in [-0.4, -0.2) is 28.0 Å². The van der Waals surface area contributed by atoms with E-state index in [1.807, 2.05) is 10.8 Å². The molecule has 1 aromatic heterocycles. The maximum atomic E-state index is 12.4. The number of aromatic nitrogens is 2. The third kappa shape index (κ3) is 2.32. The molecular weight excluding hydrogens is 294 g/mol. The molecule has 1 unspecified atom stereocenters. The van der Waals surface area contributed by atoms with Crippen molar-refractivity contribution in [2.45, 2.75) is 31.7 Å². The first-order valence-electron chi connectivity index (χ1n) is 6.67. The summed E-state index contributed by atoms with van der Waals surface area (Å²) in [5, 5.41) is 1.01. The number of hydrogen-bond acceptors (Lipinski definition) is 3. The van der Waals surface area contributed by atoms with Crippen LogP contribution in [0, 0.1) is 5.92 Å². The third-order valence-corrected chi connectivity index (χ3v) is 4.74. The molecule has 1 saturated heterocycles. The van der Waals surface area contributed by atoms with Crippen molar-refractivity contribution in [3.8, 4) is 0 Å². The topological polar surface area (TPSA) is 38.1 Å². The van der Waals surface area contributed by atoms with E-state index in [1.165, 1.54) is 6.42 Å². The second kappa shape index (κ2) is 5.03. The van der Waals surface area contributed by atoms with Gasteiger partial charge in [-0.2, -0.15) is 0 Å². The first-order valence-corrected chi connectivity index (χ1v) is 7.80. The Kier molecular flexibility index (Phi) is 3.41. The predicted molar refractivity (Wildman–Crippen MR) is 75.5 cm³/mol. The summed E-state index contributed by atoms with van der Waals surface area (Å²) in [6, 6.07) is 0.427. The fourth-order valence-corrected chi connectivity index (χ4v) is 3.18. The van der Waals surface area contributed by atoms with Crippen molar-refractivity contribution in [1.82, 2.24) is 9.55 Å². The molecule has 2 fully saturated rings. The molecule has 0 amide bonds. The van der Waals surface area contributed by atoms with Crippen molar-refractivity contribution in [3.63, 3.8) is 0 Å². The van der Waals surface area contributed by atoms with Gasteiger partial charge in [0.05, 0.1) is 0 Å². The van der Waals surface area contributed by atoms with Crippen molar-refractivity contribution < 1.29 is 0 Å². The molecule has 1 aliphatic heterocycles. The standard InChI is InChI=1S/C13H18BrN3O/c14-8-10-2-1-6-16(9-10)12-13(18)17(7-5-15-12)11-3-4-11/h5,7,10-11H,1-4,6,8-9H2. The van der Waals surface area contributed by atoms with E-state index in [1.54, 1.807) is 6.20 Å². The maximum absolute atomic E-state index is 12.4. The van der Waals surface area contributed by atoms with E-state index in [-0.39, 0.29) is 5.56 Å². The number of hydrogen-bond donors (Lipinski definition) is 0. The SMILES string of the molecule is O=c1c(N2CCCC(CBr)C2)nccn1C1CC1. The van der Waals surface area contributed by atoms with E-state index >= 15 is 0 Å². The van der Waals surface area contributed by atoms with Gasteiger partial charge in [-0.25, -0.2) is 4.98 Å². The van der Waals surface area contributed by atoms with Crippen molar-refractivity contribution in [2.75, 3.05) is 23.3 Å². The Labute approximate surface area is 115 Å². The highest BCUT2D eigenvalue weighted by Gasteiger charge is 2.27. The Balaban J connectivity index is 1.87. The molecule has 2 aliphatic rings. The van der Waals surface area contributed by atoms with Gasteiger partial charge < -0.3 is 9.47 Å². The molecule has 0 spiro atoms. The zero-order valence-electron chi connectivity index (χ0n) is 10.4. The fraction of sp³-hybridized carbons (Fsp3) is 0.692. The maximum Gasteiger partial charge on any atom is 0.293 e. The van der Waals surface area contributed by atoms with Gasteiger partial charge in [0.1, 0.15) is 0 Å². The molecule has 3 rings (SSSR count). The molecule has 0 bridgehead atoms. The normalized spacial score (nSPS) is 24.3. The quantitative estimate of drug-likeness (QED) is 0.803. The summed E-state index contributed by atoms with van der Waals surface area (Å²) < 4.78 is 1.86. The van der Waals surface area contributed by atoms with Crippen LogP contribution in [0.4, 0.5) is 5.82 Å². The Bertz CT molecular complexity index is 483. The van der Waals surface area contributed by atoms with Gasteiger partial charge in [0.15, 0.2) is 5.82 Å². The molecule has 0 radical (unpaired) electrons. The lowest BCUT2D eigenvalue weighted by Gasteiger charge is -2.32. The number of alkyl halides is 1. The summed E-state index contributed by atoms with van der Waals surface area (Å²) >= 11 is 3.55. The van der Waals surface area contributed by atoms with E-state index in [0.29, 0.717) is 17.8 Å². The van der Waals surface area contributed by atoms with Crippen molar-refractivity contribution in [1.29, 1.82) is 0 Å². The predicted octanol–water partition coefficient (Wildman–Crippen LogP) is 2.19. The largest absolute Gasteiger partial charge is 0.352 e. The lowest BCUT2D eigenvalue weighted by molar-refractivity contribution is 0.450. The van der Waals surface area contributed by atoms with E-state index in [9.17, 15) is 4.79 Å². The van der Waals surface area contributed by atoms with E-state index in [4.69, 9.17) is 0 Å². The van der Waals surface area contributed by atoms with Crippen molar-refractivity contribution in [3.05, 3.63) is 22.7 Å². The number of rotatable bonds is 3. The molecule has 0 N–H and O–H groups in total. The van der Waals surface area contributed by atoms with Crippen LogP contribution in [0.2, 0.25) is 0 Å². The number of halogens is 1. The highest BCUT2D eigenvalue weighted by Crippen LogP contribution is 2.33. The van der Waals surface area contributed by atoms with Gasteiger partial charge >= 0.3 is 0 Å². The molecule has 18 heavy (non-hydrogen) atoms. The van der Waals surface area contributed by atoms with Gasteiger partial charge in [-0.05, 0) is 31.6 Å². The molecule has 0 aromatic carbocycles. The van der Waals surface area contributed by atoms with Crippen LogP contribution < -0.4 is 10.5 Å². The van der Waals surface area contributed by atoms with Crippen LogP contribution in [0.1, 0.15) is 31.7 Å². The molecule has 4 nitrogen and oxygen atoms in total. The van der Waals surface area contributed by atoms with E-state index in [0.717, 1.165) is 37.7 Å². The first-order chi connectivity index (χ1) is 8.79. The van der Waals surface area contributed by atoms with Gasteiger partial charge in [-0.3, -0.25) is 4.79 Å². The highest BCUT2D eigenvalue weighted by atomic mass is 79.9. The Morgan fingerprint density at radius 3 is 2.94 bits per heavy atom. The smallest absolute Gasteiger partial charge is 0.293 e. The van der Waals surface area contributed by atoms with E-state index < -0.39 is 0 Å². The minimum absolute atomic E-state index is 0.0928. The van der Waals surface area contributed by atoms with Crippen LogP contribution >= 0.6 is 15.9 Å². The number of piperidine rings is 1. The summed E-state index contributed by atoms with van der Waals surface area (Å²) in [5.41, 5.74) is 0.0928. The van der Waals surface area contributed by atoms with Gasteiger partial charge in [0, 0.05) is 36.9 Å². The molecule has 1 aliphatic carbocycles. The fourth-order valence-electron chi connectivity index (χ4n) is 2.65. The average molecular weight is 312 g/mol. The molecule has 1 saturated carbocycles. The first kappa shape index (κ1) is 12.2. The second-order valence-electron chi connectivity index (χ2n) is 5.30. The van der Waals surface area contributed by atoms with Crippen molar-refractivity contribution in [2.24, 2.45) is 5.92 Å². The third-order valence-electron chi connectivity index (χ3n) is 3.83. The molecule has 1 aromatic rings. The van der Waals surface area contributed by atoms with Gasteiger partial charge in [0.2, 0.25) is 0 Å². The van der Waals surface area contributed by atoms with Gasteiger partial charge in [-0.1, -0.05) is 15.9 Å². The van der Waals surface area contributed by atoms with Crippen LogP contribution in [0.25, 0.3) is 0 Å². The zero-order valence-corrected chi connectivity index (χ0v) is 12.0. The summed E-state index contributed by atoms with van der Waals surface area (Å²) in [6.07, 6.45) is 8.25. The highest BCUT2D eigenvalue weighted by molar-refractivity contribution is 9.09. The number of nitrogens with zero attached hydrogens (tertiary/aromatic N) is 3. The van der Waals surface area contributed by atoms with Crippen molar-refractivity contribution >= 4 is 21.7 Å². The second-order valence-corrected chi connectivity index (χ2v) is 5.95. The van der Waals surface area contributed by atoms with Gasteiger partial charge in [0.25, 0.3) is 5.56 Å². The summed E-state index contributed by atoms with van der Waals surface area (Å²) in [7, 11) is 0. The van der Waals surface area contributed by atoms with Crippen LogP contribution in [0.15, 0.2) is 17.2 Å². The lowest BCUT2D eigenvalue weighted by atomic mass is 10.0. The van der Waals surface area contributed by atoms with Crippen LogP contribution in [-0.2, 0) is 0 Å². The van der Waals surface area contributed by atoms with Crippen LogP contribution in [0.5, 0.6) is 0 Å². The summed E-state index contributed by atoms with van der Waals surface area (Å²) in [6.45, 7) is 1.91. The lowest BCUT2D eigenvalue weighted by Crippen LogP contribution is -2.40. The molecular formula is C13H18BrN3O. The molecule has 5 heteroatoms. The summed E-state index contributed by atoms with van der Waals surface area (Å²) in [5.74, 6) is 1.28. The molecule has 2 heterocycles. The zero-order chi connectivity index (χ0) is 12.5. The Morgan fingerprint density at radius 2 is 2.22 bits per heavy atom. The number of anilines is 1. The Hall–Kier alpha value is -0.840. The van der Waals surface area contributed by atoms with Gasteiger partial charge in [-0.15, -0.1) is 0 Å². The summed E-state index contributed by atoms with van der Waals surface area (Å²) in [4.78, 5) is 18.9. The van der Waals surface area contributed by atoms with Crippen LogP contribution in [0.3, 0.4) is 0 Å². The molecule has 98 valence electrons. The minimum atomic E-state index is 0.0928. The van der Waals surface area contributed by atoms with E-state index in [2.05, 4.69) is 25.8 Å². The molecule has 1 atom stereocenters. The monoisotopic (exact) mass is 311 g/mol. The average Bonchev–Trinajstić information content (AvgIpc) is 3.23.